The molecule has 1 atom stereocenters. The summed E-state index contributed by atoms with van der Waals surface area (Å²) in [5, 5.41) is 16.4. The van der Waals surface area contributed by atoms with Gasteiger partial charge in [-0.2, -0.15) is 5.26 Å². The lowest BCUT2D eigenvalue weighted by Gasteiger charge is -2.18. The second kappa shape index (κ2) is 10.1. The molecule has 6 heteroatoms. The number of amides is 2. The predicted molar refractivity (Wildman–Crippen MR) is 135 cm³/mol. The number of aromatic nitrogens is 1. The minimum Gasteiger partial charge on any atom is -0.352 e. The first-order chi connectivity index (χ1) is 16.4. The fourth-order valence-electron chi connectivity index (χ4n) is 4.26. The lowest BCUT2D eigenvalue weighted by molar-refractivity contribution is -0.118. The molecule has 1 aliphatic carbocycles. The van der Waals surface area contributed by atoms with E-state index in [1.54, 1.807) is 12.1 Å². The Hall–Kier alpha value is -3.59. The van der Waals surface area contributed by atoms with E-state index in [9.17, 15) is 14.9 Å². The molecule has 1 aliphatic rings. The van der Waals surface area contributed by atoms with Gasteiger partial charge in [-0.25, -0.2) is 0 Å². The first-order valence-electron chi connectivity index (χ1n) is 12.1. The number of nitriles is 1. The number of nitrogens with zero attached hydrogens (tertiary/aromatic N) is 2. The third kappa shape index (κ3) is 5.14. The van der Waals surface area contributed by atoms with Gasteiger partial charge < -0.3 is 15.2 Å². The normalized spacial score (nSPS) is 13.9. The zero-order valence-electron chi connectivity index (χ0n) is 20.1. The molecule has 176 valence electrons. The average molecular weight is 457 g/mol. The van der Waals surface area contributed by atoms with Crippen LogP contribution in [0.4, 0.5) is 5.69 Å². The van der Waals surface area contributed by atoms with Gasteiger partial charge in [0.05, 0.1) is 11.6 Å². The summed E-state index contributed by atoms with van der Waals surface area (Å²) >= 11 is 0. The molecule has 2 aromatic carbocycles. The van der Waals surface area contributed by atoms with Crippen molar-refractivity contribution in [3.8, 4) is 6.07 Å². The van der Waals surface area contributed by atoms with E-state index in [2.05, 4.69) is 23.6 Å². The maximum atomic E-state index is 13.3. The number of hydrogen-bond donors (Lipinski definition) is 2. The Balaban J connectivity index is 1.59. The Bertz CT molecular complexity index is 1260. The van der Waals surface area contributed by atoms with Crippen molar-refractivity contribution in [1.82, 2.24) is 9.88 Å². The van der Waals surface area contributed by atoms with Crippen molar-refractivity contribution in [3.63, 3.8) is 0 Å². The van der Waals surface area contributed by atoms with Gasteiger partial charge >= 0.3 is 0 Å². The third-order valence-electron chi connectivity index (χ3n) is 6.64. The number of unbranched alkanes of at least 4 members (excludes halogenated alkanes) is 1. The van der Waals surface area contributed by atoms with Crippen molar-refractivity contribution in [1.29, 1.82) is 5.26 Å². The number of benzene rings is 2. The summed E-state index contributed by atoms with van der Waals surface area (Å²) < 4.78 is 1.93. The van der Waals surface area contributed by atoms with Gasteiger partial charge in [0.2, 0.25) is 5.91 Å². The van der Waals surface area contributed by atoms with Crippen molar-refractivity contribution in [2.75, 3.05) is 11.9 Å². The van der Waals surface area contributed by atoms with Gasteiger partial charge in [0.15, 0.2) is 0 Å². The smallest absolute Gasteiger partial charge is 0.251 e. The summed E-state index contributed by atoms with van der Waals surface area (Å²) in [4.78, 5) is 25.9. The quantitative estimate of drug-likeness (QED) is 0.445. The standard InChI is InChI=1S/C28H32N4O2/c1-4-5-6-22-10-9-21(15-29)13-25(22)31-27(33)19(3)32-17-18(2)24-12-11-23(14-26(24)32)28(34)30-16-20-7-8-20/h9-14,17,19-20H,4-8,16H2,1-3H3,(H,30,34)(H,31,33). The molecule has 3 aromatic rings. The van der Waals surface area contributed by atoms with Crippen LogP contribution >= 0.6 is 0 Å². The topological polar surface area (TPSA) is 86.9 Å². The van der Waals surface area contributed by atoms with Crippen LogP contribution in [0.5, 0.6) is 0 Å². The van der Waals surface area contributed by atoms with Crippen LogP contribution in [0.2, 0.25) is 0 Å². The van der Waals surface area contributed by atoms with Crippen molar-refractivity contribution < 1.29 is 9.59 Å². The highest BCUT2D eigenvalue weighted by atomic mass is 16.2. The summed E-state index contributed by atoms with van der Waals surface area (Å²) in [6.07, 6.45) is 7.24. The first kappa shape index (κ1) is 23.6. The molecule has 0 aliphatic heterocycles. The third-order valence-corrected chi connectivity index (χ3v) is 6.64. The number of anilines is 1. The van der Waals surface area contributed by atoms with Gasteiger partial charge in [-0.05, 0) is 80.8 Å². The second-order valence-corrected chi connectivity index (χ2v) is 9.36. The summed E-state index contributed by atoms with van der Waals surface area (Å²) in [7, 11) is 0. The number of carbonyl (C=O) groups is 2. The molecule has 1 saturated carbocycles. The summed E-state index contributed by atoms with van der Waals surface area (Å²) in [6.45, 7) is 6.71. The van der Waals surface area contributed by atoms with Crippen molar-refractivity contribution >= 4 is 28.4 Å². The summed E-state index contributed by atoms with van der Waals surface area (Å²) in [6, 6.07) is 12.8. The largest absolute Gasteiger partial charge is 0.352 e. The molecule has 6 nitrogen and oxygen atoms in total. The monoisotopic (exact) mass is 456 g/mol. The molecule has 2 amide bonds. The molecule has 1 unspecified atom stereocenters. The van der Waals surface area contributed by atoms with Crippen LogP contribution in [0.25, 0.3) is 10.9 Å². The highest BCUT2D eigenvalue weighted by molar-refractivity contribution is 6.00. The number of carbonyl (C=O) groups excluding carboxylic acids is 2. The number of aryl methyl sites for hydroxylation is 2. The van der Waals surface area contributed by atoms with Gasteiger partial charge in [-0.15, -0.1) is 0 Å². The lowest BCUT2D eigenvalue weighted by Crippen LogP contribution is -2.26. The molecular weight excluding hydrogens is 424 g/mol. The van der Waals surface area contributed by atoms with E-state index in [0.29, 0.717) is 22.7 Å². The lowest BCUT2D eigenvalue weighted by atomic mass is 10.0. The van der Waals surface area contributed by atoms with Crippen molar-refractivity contribution in [2.45, 2.75) is 58.9 Å². The minimum atomic E-state index is -0.495. The Morgan fingerprint density at radius 2 is 2.00 bits per heavy atom. The highest BCUT2D eigenvalue weighted by Gasteiger charge is 2.23. The van der Waals surface area contributed by atoms with Crippen LogP contribution in [0.15, 0.2) is 42.6 Å². The fourth-order valence-corrected chi connectivity index (χ4v) is 4.26. The number of hydrogen-bond acceptors (Lipinski definition) is 3. The molecule has 0 radical (unpaired) electrons. The molecule has 1 heterocycles. The number of rotatable bonds is 9. The van der Waals surface area contributed by atoms with Crippen molar-refractivity contribution in [2.24, 2.45) is 5.92 Å². The molecular formula is C28H32N4O2. The molecule has 2 N–H and O–H groups in total. The van der Waals surface area contributed by atoms with Crippen LogP contribution in [0.3, 0.4) is 0 Å². The Labute approximate surface area is 201 Å². The molecule has 1 fully saturated rings. The number of nitrogens with one attached hydrogen (secondary N) is 2. The predicted octanol–water partition coefficient (Wildman–Crippen LogP) is 5.50. The average Bonchev–Trinajstić information content (AvgIpc) is 3.63. The van der Waals surface area contributed by atoms with Crippen LogP contribution in [-0.2, 0) is 11.2 Å². The minimum absolute atomic E-state index is 0.0785. The van der Waals surface area contributed by atoms with E-state index >= 15 is 0 Å². The first-order valence-corrected chi connectivity index (χ1v) is 12.1. The maximum absolute atomic E-state index is 13.3. The number of fused-ring (bicyclic) bond motifs is 1. The summed E-state index contributed by atoms with van der Waals surface area (Å²) in [5.41, 5.74) is 4.75. The molecule has 34 heavy (non-hydrogen) atoms. The van der Waals surface area contributed by atoms with E-state index < -0.39 is 6.04 Å². The van der Waals surface area contributed by atoms with Gasteiger partial charge in [0, 0.05) is 34.9 Å². The van der Waals surface area contributed by atoms with Crippen LogP contribution < -0.4 is 10.6 Å². The fraction of sp³-hybridized carbons (Fsp3) is 0.393. The SMILES string of the molecule is CCCCc1ccc(C#N)cc1NC(=O)C(C)n1cc(C)c2ccc(C(=O)NCC3CC3)cc21. The van der Waals surface area contributed by atoms with Gasteiger partial charge in [-0.1, -0.05) is 25.5 Å². The van der Waals surface area contributed by atoms with Gasteiger partial charge in [0.1, 0.15) is 6.04 Å². The maximum Gasteiger partial charge on any atom is 0.251 e. The van der Waals surface area contributed by atoms with Gasteiger partial charge in [-0.3, -0.25) is 9.59 Å². The van der Waals surface area contributed by atoms with E-state index in [4.69, 9.17) is 0 Å². The van der Waals surface area contributed by atoms with Crippen molar-refractivity contribution in [3.05, 3.63) is 64.8 Å². The molecule has 1 aromatic heterocycles. The summed E-state index contributed by atoms with van der Waals surface area (Å²) in [5.74, 6) is 0.378. The van der Waals surface area contributed by atoms with Gasteiger partial charge in [0.25, 0.3) is 5.91 Å². The van der Waals surface area contributed by atoms with E-state index in [1.165, 1.54) is 12.8 Å². The molecule has 4 rings (SSSR count). The molecule has 0 saturated heterocycles. The van der Waals surface area contributed by atoms with E-state index in [1.807, 2.05) is 48.9 Å². The molecule has 0 spiro atoms. The van der Waals surface area contributed by atoms with Crippen LogP contribution in [0.1, 0.15) is 72.6 Å². The molecule has 0 bridgehead atoms. The van der Waals surface area contributed by atoms with Crippen LogP contribution in [-0.4, -0.2) is 22.9 Å². The second-order valence-electron chi connectivity index (χ2n) is 9.36. The zero-order valence-corrected chi connectivity index (χ0v) is 20.1. The van der Waals surface area contributed by atoms with E-state index in [-0.39, 0.29) is 11.8 Å². The van der Waals surface area contributed by atoms with Crippen LogP contribution in [0, 0.1) is 24.2 Å². The Morgan fingerprint density at radius 3 is 2.71 bits per heavy atom. The Kier molecular flexibility index (Phi) is 7.02. The zero-order chi connectivity index (χ0) is 24.2. The highest BCUT2D eigenvalue weighted by Crippen LogP contribution is 2.29. The van der Waals surface area contributed by atoms with E-state index in [0.717, 1.165) is 47.8 Å². The Morgan fingerprint density at radius 1 is 1.21 bits per heavy atom.